The summed E-state index contributed by atoms with van der Waals surface area (Å²) in [6.07, 6.45) is 8.02. The molecule has 3 heteroatoms. The zero-order valence-corrected chi connectivity index (χ0v) is 9.39. The van der Waals surface area contributed by atoms with Crippen molar-refractivity contribution in [2.75, 3.05) is 0 Å². The Kier molecular flexibility index (Phi) is 2.89. The minimum atomic E-state index is 0.462. The number of aromatic nitrogens is 2. The SMILES string of the molecule is CC1CCC(n2cncc2C=O)C(C)C1. The van der Waals surface area contributed by atoms with Crippen molar-refractivity contribution in [2.24, 2.45) is 11.8 Å². The van der Waals surface area contributed by atoms with Crippen LogP contribution in [-0.2, 0) is 0 Å². The molecular formula is C12H18N2O. The molecule has 0 saturated heterocycles. The molecule has 0 aromatic carbocycles. The summed E-state index contributed by atoms with van der Waals surface area (Å²) < 4.78 is 2.05. The molecule has 1 aromatic rings. The minimum Gasteiger partial charge on any atom is -0.325 e. The molecule has 1 saturated carbocycles. The summed E-state index contributed by atoms with van der Waals surface area (Å²) in [6.45, 7) is 4.58. The summed E-state index contributed by atoms with van der Waals surface area (Å²) in [4.78, 5) is 14.9. The molecule has 1 heterocycles. The Hall–Kier alpha value is -1.12. The van der Waals surface area contributed by atoms with Gasteiger partial charge in [0.15, 0.2) is 6.29 Å². The third kappa shape index (κ3) is 1.96. The van der Waals surface area contributed by atoms with Gasteiger partial charge < -0.3 is 4.57 Å². The standard InChI is InChI=1S/C12H18N2O/c1-9-3-4-12(10(2)5-9)14-8-13-6-11(14)7-15/h6-10,12H,3-5H2,1-2H3. The molecule has 3 atom stereocenters. The molecule has 82 valence electrons. The number of imidazole rings is 1. The van der Waals surface area contributed by atoms with Crippen molar-refractivity contribution in [3.63, 3.8) is 0 Å². The van der Waals surface area contributed by atoms with Gasteiger partial charge in [0.1, 0.15) is 5.69 Å². The Labute approximate surface area is 90.5 Å². The van der Waals surface area contributed by atoms with Crippen LogP contribution in [0.4, 0.5) is 0 Å². The quantitative estimate of drug-likeness (QED) is 0.697. The van der Waals surface area contributed by atoms with Gasteiger partial charge in [0.2, 0.25) is 0 Å². The molecule has 0 spiro atoms. The van der Waals surface area contributed by atoms with Gasteiger partial charge in [0.25, 0.3) is 0 Å². The zero-order chi connectivity index (χ0) is 10.8. The van der Waals surface area contributed by atoms with E-state index in [1.165, 1.54) is 19.3 Å². The highest BCUT2D eigenvalue weighted by Gasteiger charge is 2.27. The van der Waals surface area contributed by atoms with Crippen LogP contribution in [-0.4, -0.2) is 15.8 Å². The van der Waals surface area contributed by atoms with Crippen molar-refractivity contribution in [3.05, 3.63) is 18.2 Å². The molecule has 15 heavy (non-hydrogen) atoms. The fourth-order valence-electron chi connectivity index (χ4n) is 2.75. The second kappa shape index (κ2) is 4.17. The van der Waals surface area contributed by atoms with Crippen molar-refractivity contribution in [2.45, 2.75) is 39.2 Å². The highest BCUT2D eigenvalue weighted by atomic mass is 16.1. The molecular weight excluding hydrogens is 188 g/mol. The van der Waals surface area contributed by atoms with Crippen molar-refractivity contribution in [1.29, 1.82) is 0 Å². The first-order valence-electron chi connectivity index (χ1n) is 5.69. The summed E-state index contributed by atoms with van der Waals surface area (Å²) in [5, 5.41) is 0. The number of aldehydes is 1. The van der Waals surface area contributed by atoms with E-state index in [1.54, 1.807) is 12.5 Å². The molecule has 3 nitrogen and oxygen atoms in total. The molecule has 0 amide bonds. The van der Waals surface area contributed by atoms with E-state index < -0.39 is 0 Å². The van der Waals surface area contributed by atoms with Crippen LogP contribution in [0, 0.1) is 11.8 Å². The van der Waals surface area contributed by atoms with Crippen molar-refractivity contribution in [3.8, 4) is 0 Å². The van der Waals surface area contributed by atoms with Gasteiger partial charge in [-0.15, -0.1) is 0 Å². The average molecular weight is 206 g/mol. The molecule has 1 fully saturated rings. The monoisotopic (exact) mass is 206 g/mol. The second-order valence-corrected chi connectivity index (χ2v) is 4.81. The Morgan fingerprint density at radius 2 is 2.27 bits per heavy atom. The fourth-order valence-corrected chi connectivity index (χ4v) is 2.75. The minimum absolute atomic E-state index is 0.462. The van der Waals surface area contributed by atoms with Crippen molar-refractivity contribution >= 4 is 6.29 Å². The molecule has 0 aliphatic heterocycles. The maximum absolute atomic E-state index is 10.8. The van der Waals surface area contributed by atoms with Crippen molar-refractivity contribution < 1.29 is 4.79 Å². The van der Waals surface area contributed by atoms with E-state index in [-0.39, 0.29) is 0 Å². The van der Waals surface area contributed by atoms with Gasteiger partial charge in [-0.1, -0.05) is 13.8 Å². The van der Waals surface area contributed by atoms with Crippen LogP contribution in [0.25, 0.3) is 0 Å². The van der Waals surface area contributed by atoms with E-state index in [4.69, 9.17) is 0 Å². The first-order chi connectivity index (χ1) is 7.22. The molecule has 0 N–H and O–H groups in total. The third-order valence-corrected chi connectivity index (χ3v) is 3.56. The van der Waals surface area contributed by atoms with E-state index in [9.17, 15) is 4.79 Å². The smallest absolute Gasteiger partial charge is 0.168 e. The molecule has 3 unspecified atom stereocenters. The second-order valence-electron chi connectivity index (χ2n) is 4.81. The van der Waals surface area contributed by atoms with Gasteiger partial charge in [-0.25, -0.2) is 4.98 Å². The highest BCUT2D eigenvalue weighted by molar-refractivity contribution is 5.71. The largest absolute Gasteiger partial charge is 0.325 e. The first kappa shape index (κ1) is 10.4. The third-order valence-electron chi connectivity index (χ3n) is 3.56. The Morgan fingerprint density at radius 1 is 1.47 bits per heavy atom. The zero-order valence-electron chi connectivity index (χ0n) is 9.39. The summed E-state index contributed by atoms with van der Waals surface area (Å²) in [7, 11) is 0. The summed E-state index contributed by atoms with van der Waals surface area (Å²) in [5.41, 5.74) is 0.710. The predicted octanol–water partition coefficient (Wildman–Crippen LogP) is 2.69. The van der Waals surface area contributed by atoms with Crippen LogP contribution in [0.5, 0.6) is 0 Å². The number of rotatable bonds is 2. The molecule has 0 bridgehead atoms. The molecule has 0 radical (unpaired) electrons. The van der Waals surface area contributed by atoms with Gasteiger partial charge in [-0.05, 0) is 31.1 Å². The molecule has 2 rings (SSSR count). The van der Waals surface area contributed by atoms with Gasteiger partial charge in [0, 0.05) is 6.04 Å². The molecule has 1 aromatic heterocycles. The van der Waals surface area contributed by atoms with E-state index >= 15 is 0 Å². The lowest BCUT2D eigenvalue weighted by Crippen LogP contribution is -2.25. The summed E-state index contributed by atoms with van der Waals surface area (Å²) in [6, 6.07) is 0.462. The number of hydrogen-bond acceptors (Lipinski definition) is 2. The van der Waals surface area contributed by atoms with Gasteiger partial charge in [-0.3, -0.25) is 4.79 Å². The topological polar surface area (TPSA) is 34.9 Å². The van der Waals surface area contributed by atoms with Crippen LogP contribution in [0.1, 0.15) is 49.6 Å². The number of nitrogens with zero attached hydrogens (tertiary/aromatic N) is 2. The first-order valence-corrected chi connectivity index (χ1v) is 5.69. The maximum Gasteiger partial charge on any atom is 0.168 e. The number of carbonyl (C=O) groups excluding carboxylic acids is 1. The number of hydrogen-bond donors (Lipinski definition) is 0. The summed E-state index contributed by atoms with van der Waals surface area (Å²) >= 11 is 0. The average Bonchev–Trinajstić information content (AvgIpc) is 2.65. The Bertz CT molecular complexity index is 345. The Morgan fingerprint density at radius 3 is 2.93 bits per heavy atom. The van der Waals surface area contributed by atoms with E-state index in [2.05, 4.69) is 18.8 Å². The van der Waals surface area contributed by atoms with E-state index in [0.29, 0.717) is 17.7 Å². The predicted molar refractivity (Wildman–Crippen MR) is 58.8 cm³/mol. The number of carbonyl (C=O) groups is 1. The van der Waals surface area contributed by atoms with E-state index in [0.717, 1.165) is 12.2 Å². The lowest BCUT2D eigenvalue weighted by Gasteiger charge is -2.33. The van der Waals surface area contributed by atoms with Crippen LogP contribution in [0.3, 0.4) is 0 Å². The van der Waals surface area contributed by atoms with Crippen molar-refractivity contribution in [1.82, 2.24) is 9.55 Å². The van der Waals surface area contributed by atoms with E-state index in [1.807, 2.05) is 4.57 Å². The summed E-state index contributed by atoms with van der Waals surface area (Å²) in [5.74, 6) is 1.46. The van der Waals surface area contributed by atoms with Crippen LogP contribution in [0.15, 0.2) is 12.5 Å². The van der Waals surface area contributed by atoms with Gasteiger partial charge in [0.05, 0.1) is 12.5 Å². The highest BCUT2D eigenvalue weighted by Crippen LogP contribution is 2.36. The van der Waals surface area contributed by atoms with Crippen LogP contribution < -0.4 is 0 Å². The lowest BCUT2D eigenvalue weighted by atomic mass is 9.79. The maximum atomic E-state index is 10.8. The fraction of sp³-hybridized carbons (Fsp3) is 0.667. The lowest BCUT2D eigenvalue weighted by molar-refractivity contribution is 0.110. The van der Waals surface area contributed by atoms with Crippen LogP contribution in [0.2, 0.25) is 0 Å². The molecule has 1 aliphatic carbocycles. The normalized spacial score (nSPS) is 31.5. The van der Waals surface area contributed by atoms with Gasteiger partial charge in [-0.2, -0.15) is 0 Å². The Balaban J connectivity index is 2.20. The molecule has 1 aliphatic rings. The van der Waals surface area contributed by atoms with Crippen LogP contribution >= 0.6 is 0 Å². The van der Waals surface area contributed by atoms with Gasteiger partial charge >= 0.3 is 0 Å².